The van der Waals surface area contributed by atoms with E-state index in [0.717, 1.165) is 44.9 Å². The van der Waals surface area contributed by atoms with E-state index in [0.29, 0.717) is 11.8 Å². The molecule has 0 heterocycles. The van der Waals surface area contributed by atoms with Crippen LogP contribution in [0.2, 0.25) is 0 Å². The van der Waals surface area contributed by atoms with E-state index in [-0.39, 0.29) is 23.2 Å². The fraction of sp³-hybridized carbons (Fsp3) is 0.842. The number of ketones is 1. The Hall–Kier alpha value is -0.670. The number of hydrogen-bond acceptors (Lipinski definition) is 3. The Morgan fingerprint density at radius 2 is 1.86 bits per heavy atom. The first-order valence-electron chi connectivity index (χ1n) is 8.95. The third kappa shape index (κ3) is 1.62. The highest BCUT2D eigenvalue weighted by molar-refractivity contribution is 5.99. The summed E-state index contributed by atoms with van der Waals surface area (Å²) >= 11 is 0. The van der Waals surface area contributed by atoms with Crippen molar-refractivity contribution in [3.63, 3.8) is 0 Å². The van der Waals surface area contributed by atoms with Crippen LogP contribution in [0.4, 0.5) is 0 Å². The van der Waals surface area contributed by atoms with E-state index in [1.54, 1.807) is 6.08 Å². The largest absolute Gasteiger partial charge is 0.393 e. The lowest BCUT2D eigenvalue weighted by atomic mass is 9.44. The van der Waals surface area contributed by atoms with Gasteiger partial charge in [0.25, 0.3) is 0 Å². The number of carbonyl (C=O) groups excluding carboxylic acids is 1. The Bertz CT molecular complexity index is 541. The van der Waals surface area contributed by atoms with Gasteiger partial charge >= 0.3 is 0 Å². The molecule has 4 aliphatic carbocycles. The Labute approximate surface area is 132 Å². The third-order valence-corrected chi connectivity index (χ3v) is 8.10. The molecule has 22 heavy (non-hydrogen) atoms. The van der Waals surface area contributed by atoms with Gasteiger partial charge in [0.15, 0.2) is 5.78 Å². The summed E-state index contributed by atoms with van der Waals surface area (Å²) in [5.74, 6) is 1.36. The fourth-order valence-corrected chi connectivity index (χ4v) is 6.50. The molecule has 0 aliphatic heterocycles. The topological polar surface area (TPSA) is 57.5 Å². The zero-order chi connectivity index (χ0) is 15.8. The van der Waals surface area contributed by atoms with Gasteiger partial charge in [0, 0.05) is 0 Å². The van der Waals surface area contributed by atoms with Gasteiger partial charge in [0.05, 0.1) is 17.1 Å². The van der Waals surface area contributed by atoms with E-state index >= 15 is 0 Å². The van der Waals surface area contributed by atoms with Gasteiger partial charge in [0.1, 0.15) is 0 Å². The Kier molecular flexibility index (Phi) is 3.01. The molecule has 0 aromatic heterocycles. The van der Waals surface area contributed by atoms with Crippen LogP contribution >= 0.6 is 0 Å². The summed E-state index contributed by atoms with van der Waals surface area (Å²) in [7, 11) is 0. The number of rotatable bonds is 0. The Morgan fingerprint density at radius 3 is 2.64 bits per heavy atom. The smallest absolute Gasteiger partial charge is 0.164 e. The van der Waals surface area contributed by atoms with E-state index in [2.05, 4.69) is 6.92 Å². The molecule has 0 aromatic carbocycles. The van der Waals surface area contributed by atoms with E-state index < -0.39 is 11.0 Å². The Morgan fingerprint density at radius 1 is 1.09 bits per heavy atom. The summed E-state index contributed by atoms with van der Waals surface area (Å²) in [6.45, 7) is 4.34. The summed E-state index contributed by atoms with van der Waals surface area (Å²) in [6, 6.07) is 0. The second-order valence-corrected chi connectivity index (χ2v) is 8.81. The van der Waals surface area contributed by atoms with Gasteiger partial charge < -0.3 is 10.2 Å². The van der Waals surface area contributed by atoms with Gasteiger partial charge in [-0.15, -0.1) is 0 Å². The maximum atomic E-state index is 12.3. The predicted octanol–water partition coefficient (Wildman–Crippen LogP) is 2.85. The number of allylic oxidation sites excluding steroid dienone is 1. The standard InChI is InChI=1S/C19H28O3/c1-17-8-5-13(20)11-12(17)3-4-15-14(17)6-9-18(2)16(21)7-10-19(15,18)22/h7,10,12-15,20,22H,3-6,8-9,11H2,1-2H3/t12-,13-,14-,15+,17-,18+,19-/m0/s1. The molecule has 0 spiro atoms. The van der Waals surface area contributed by atoms with Gasteiger partial charge in [-0.3, -0.25) is 4.79 Å². The molecule has 0 radical (unpaired) electrons. The van der Waals surface area contributed by atoms with Crippen molar-refractivity contribution < 1.29 is 15.0 Å². The summed E-state index contributed by atoms with van der Waals surface area (Å²) in [5.41, 5.74) is -1.33. The number of carbonyl (C=O) groups is 1. The maximum absolute atomic E-state index is 12.3. The van der Waals surface area contributed by atoms with Gasteiger partial charge in [0.2, 0.25) is 0 Å². The highest BCUT2D eigenvalue weighted by atomic mass is 16.3. The van der Waals surface area contributed by atoms with Crippen molar-refractivity contribution in [3.8, 4) is 0 Å². The molecule has 3 fully saturated rings. The maximum Gasteiger partial charge on any atom is 0.164 e. The Balaban J connectivity index is 1.71. The monoisotopic (exact) mass is 304 g/mol. The molecule has 7 atom stereocenters. The normalized spacial score (nSPS) is 57.2. The van der Waals surface area contributed by atoms with Gasteiger partial charge in [-0.05, 0) is 87.2 Å². The second kappa shape index (κ2) is 4.45. The lowest BCUT2D eigenvalue weighted by Gasteiger charge is -2.62. The molecular formula is C19H28O3. The van der Waals surface area contributed by atoms with E-state index in [1.165, 1.54) is 0 Å². The van der Waals surface area contributed by atoms with E-state index in [4.69, 9.17) is 0 Å². The van der Waals surface area contributed by atoms with Crippen LogP contribution in [0.15, 0.2) is 12.2 Å². The summed E-state index contributed by atoms with van der Waals surface area (Å²) in [6.07, 6.45) is 10.1. The minimum Gasteiger partial charge on any atom is -0.393 e. The molecule has 3 heteroatoms. The number of fused-ring (bicyclic) bond motifs is 5. The van der Waals surface area contributed by atoms with Crippen LogP contribution < -0.4 is 0 Å². The van der Waals surface area contributed by atoms with Crippen LogP contribution in [0.25, 0.3) is 0 Å². The summed E-state index contributed by atoms with van der Waals surface area (Å²) < 4.78 is 0. The lowest BCUT2D eigenvalue weighted by molar-refractivity contribution is -0.188. The first kappa shape index (κ1) is 14.9. The summed E-state index contributed by atoms with van der Waals surface area (Å²) in [4.78, 5) is 12.3. The molecule has 4 aliphatic rings. The molecule has 122 valence electrons. The predicted molar refractivity (Wildman–Crippen MR) is 84.1 cm³/mol. The number of aliphatic hydroxyl groups is 2. The van der Waals surface area contributed by atoms with Gasteiger partial charge in [-0.25, -0.2) is 0 Å². The van der Waals surface area contributed by atoms with Crippen molar-refractivity contribution in [2.24, 2.45) is 28.6 Å². The van der Waals surface area contributed by atoms with Crippen molar-refractivity contribution in [1.29, 1.82) is 0 Å². The fourth-order valence-electron chi connectivity index (χ4n) is 6.50. The first-order valence-corrected chi connectivity index (χ1v) is 8.95. The molecule has 2 N–H and O–H groups in total. The van der Waals surface area contributed by atoms with E-state index in [1.807, 2.05) is 13.0 Å². The minimum absolute atomic E-state index is 0.111. The van der Waals surface area contributed by atoms with Crippen LogP contribution in [-0.2, 0) is 4.79 Å². The van der Waals surface area contributed by atoms with Crippen LogP contribution in [0.5, 0.6) is 0 Å². The molecule has 4 rings (SSSR count). The van der Waals surface area contributed by atoms with Gasteiger partial charge in [-0.2, -0.15) is 0 Å². The quantitative estimate of drug-likeness (QED) is 0.723. The average Bonchev–Trinajstić information content (AvgIpc) is 2.72. The van der Waals surface area contributed by atoms with Crippen molar-refractivity contribution in [2.45, 2.75) is 70.5 Å². The lowest BCUT2D eigenvalue weighted by Crippen LogP contribution is -2.62. The van der Waals surface area contributed by atoms with Crippen LogP contribution in [0, 0.1) is 28.6 Å². The first-order chi connectivity index (χ1) is 10.3. The minimum atomic E-state index is -0.947. The van der Waals surface area contributed by atoms with Crippen molar-refractivity contribution >= 4 is 5.78 Å². The average molecular weight is 304 g/mol. The molecule has 0 unspecified atom stereocenters. The van der Waals surface area contributed by atoms with E-state index in [9.17, 15) is 15.0 Å². The van der Waals surface area contributed by atoms with Crippen LogP contribution in [-0.4, -0.2) is 27.7 Å². The number of aliphatic hydroxyl groups excluding tert-OH is 1. The third-order valence-electron chi connectivity index (χ3n) is 8.10. The zero-order valence-corrected chi connectivity index (χ0v) is 13.7. The SMILES string of the molecule is C[C@]12CC[C@H](O)C[C@@H]1CC[C@@H]1[C@@H]2CC[C@]2(C)C(=O)C=C[C@]12O. The molecular weight excluding hydrogens is 276 g/mol. The highest BCUT2D eigenvalue weighted by Crippen LogP contribution is 2.65. The van der Waals surface area contributed by atoms with Crippen molar-refractivity contribution in [2.75, 3.05) is 0 Å². The molecule has 0 aromatic rings. The highest BCUT2D eigenvalue weighted by Gasteiger charge is 2.65. The molecule has 0 bridgehead atoms. The van der Waals surface area contributed by atoms with Crippen molar-refractivity contribution in [1.82, 2.24) is 0 Å². The number of hydrogen-bond donors (Lipinski definition) is 2. The molecule has 0 amide bonds. The molecule has 3 nitrogen and oxygen atoms in total. The van der Waals surface area contributed by atoms with Crippen LogP contribution in [0.3, 0.4) is 0 Å². The zero-order valence-electron chi connectivity index (χ0n) is 13.7. The van der Waals surface area contributed by atoms with Crippen molar-refractivity contribution in [3.05, 3.63) is 12.2 Å². The van der Waals surface area contributed by atoms with Crippen LogP contribution in [0.1, 0.15) is 58.8 Å². The molecule has 0 saturated heterocycles. The van der Waals surface area contributed by atoms with Gasteiger partial charge in [-0.1, -0.05) is 6.92 Å². The summed E-state index contributed by atoms with van der Waals surface area (Å²) in [5, 5.41) is 21.5. The second-order valence-electron chi connectivity index (χ2n) is 8.81. The molecule has 3 saturated carbocycles.